The Bertz CT molecular complexity index is 392. The summed E-state index contributed by atoms with van der Waals surface area (Å²) in [6.07, 6.45) is 1.67. The van der Waals surface area contributed by atoms with E-state index in [1.807, 2.05) is 30.6 Å². The molecule has 0 saturated carbocycles. The second-order valence-corrected chi connectivity index (χ2v) is 8.00. The van der Waals surface area contributed by atoms with Gasteiger partial charge >= 0.3 is 0 Å². The van der Waals surface area contributed by atoms with Crippen LogP contribution in [0.2, 0.25) is 5.02 Å². The van der Waals surface area contributed by atoms with E-state index in [1.54, 1.807) is 10.9 Å². The van der Waals surface area contributed by atoms with Crippen LogP contribution in [-0.2, 0) is 7.05 Å². The van der Waals surface area contributed by atoms with Crippen LogP contribution in [0.25, 0.3) is 0 Å². The molecule has 2 heterocycles. The number of nitrogens with one attached hydrogen (secondary N) is 1. The molecule has 1 aromatic heterocycles. The first-order chi connectivity index (χ1) is 8.54. The highest BCUT2D eigenvalue weighted by atomic mass is 35.5. The Kier molecular flexibility index (Phi) is 4.88. The van der Waals surface area contributed by atoms with E-state index < -0.39 is 0 Å². The van der Waals surface area contributed by atoms with E-state index in [4.69, 9.17) is 17.4 Å². The van der Waals surface area contributed by atoms with E-state index in [9.17, 15) is 0 Å². The third-order valence-corrected chi connectivity index (χ3v) is 7.14. The molecule has 1 saturated heterocycles. The Labute approximate surface area is 121 Å². The van der Waals surface area contributed by atoms with Gasteiger partial charge in [0.15, 0.2) is 0 Å². The molecule has 0 amide bonds. The maximum atomic E-state index is 6.21. The zero-order valence-corrected chi connectivity index (χ0v) is 13.1. The highest BCUT2D eigenvalue weighted by Crippen LogP contribution is 2.41. The Hall–Kier alpha value is 0.120. The Balaban J connectivity index is 2.19. The number of aryl methyl sites for hydroxylation is 1. The zero-order valence-electron chi connectivity index (χ0n) is 10.8. The first kappa shape index (κ1) is 14.5. The summed E-state index contributed by atoms with van der Waals surface area (Å²) in [7, 11) is 1.90. The highest BCUT2D eigenvalue weighted by molar-refractivity contribution is 8.07. The Morgan fingerprint density at radius 2 is 2.28 bits per heavy atom. The van der Waals surface area contributed by atoms with E-state index in [-0.39, 0.29) is 6.04 Å². The van der Waals surface area contributed by atoms with Crippen molar-refractivity contribution in [3.63, 3.8) is 0 Å². The van der Waals surface area contributed by atoms with Crippen molar-refractivity contribution in [2.24, 2.45) is 12.9 Å². The summed E-state index contributed by atoms with van der Waals surface area (Å²) in [5.74, 6) is 6.82. The fourth-order valence-electron chi connectivity index (χ4n) is 2.11. The van der Waals surface area contributed by atoms with Gasteiger partial charge in [0, 0.05) is 28.6 Å². The third-order valence-electron chi connectivity index (χ3n) is 3.36. The van der Waals surface area contributed by atoms with Crippen molar-refractivity contribution in [3.05, 3.63) is 16.9 Å². The number of hydrogen-bond donors (Lipinski definition) is 2. The van der Waals surface area contributed by atoms with Crippen molar-refractivity contribution in [2.45, 2.75) is 35.6 Å². The standard InChI is InChI=1S/C11H19ClN4S2/c1-6-7(2)18-9(5-17-6)10(15-13)11-8(12)4-14-16(11)3/h4,6-7,9-10,15H,5,13H2,1-3H3. The van der Waals surface area contributed by atoms with Crippen molar-refractivity contribution >= 4 is 35.1 Å². The second-order valence-electron chi connectivity index (χ2n) is 4.56. The molecule has 0 bridgehead atoms. The molecule has 4 unspecified atom stereocenters. The van der Waals surface area contributed by atoms with Crippen molar-refractivity contribution in [2.75, 3.05) is 5.75 Å². The van der Waals surface area contributed by atoms with Crippen LogP contribution in [0.1, 0.15) is 25.6 Å². The molecule has 4 atom stereocenters. The minimum atomic E-state index is 0.0393. The first-order valence-electron chi connectivity index (χ1n) is 5.95. The number of thioether (sulfide) groups is 2. The second kappa shape index (κ2) is 6.05. The molecule has 1 aliphatic heterocycles. The normalized spacial score (nSPS) is 30.4. The van der Waals surface area contributed by atoms with Crippen LogP contribution in [0.15, 0.2) is 6.20 Å². The molecule has 1 aromatic rings. The van der Waals surface area contributed by atoms with Gasteiger partial charge in [0.2, 0.25) is 0 Å². The fraction of sp³-hybridized carbons (Fsp3) is 0.727. The minimum absolute atomic E-state index is 0.0393. The lowest BCUT2D eigenvalue weighted by molar-refractivity contribution is 0.507. The average Bonchev–Trinajstić information content (AvgIpc) is 2.66. The number of rotatable bonds is 3. The lowest BCUT2D eigenvalue weighted by Gasteiger charge is -2.35. The van der Waals surface area contributed by atoms with Crippen molar-refractivity contribution in [3.8, 4) is 0 Å². The van der Waals surface area contributed by atoms with Gasteiger partial charge in [0.05, 0.1) is 23.0 Å². The zero-order chi connectivity index (χ0) is 13.3. The third kappa shape index (κ3) is 2.82. The van der Waals surface area contributed by atoms with Gasteiger partial charge in [0.1, 0.15) is 0 Å². The number of nitrogens with two attached hydrogens (primary N) is 1. The molecule has 4 nitrogen and oxygen atoms in total. The molecule has 3 N–H and O–H groups in total. The summed E-state index contributed by atoms with van der Waals surface area (Å²) in [6.45, 7) is 4.55. The molecule has 102 valence electrons. The number of hydrogen-bond acceptors (Lipinski definition) is 5. The van der Waals surface area contributed by atoms with Crippen molar-refractivity contribution < 1.29 is 0 Å². The SMILES string of the molecule is CC1SCC(C(NN)c2c(Cl)cnn2C)SC1C. The summed E-state index contributed by atoms with van der Waals surface area (Å²) in [5, 5.41) is 6.59. The van der Waals surface area contributed by atoms with Crippen LogP contribution in [0.4, 0.5) is 0 Å². The first-order valence-corrected chi connectivity index (χ1v) is 8.32. The van der Waals surface area contributed by atoms with Gasteiger partial charge in [-0.1, -0.05) is 25.4 Å². The summed E-state index contributed by atoms with van der Waals surface area (Å²) in [5.41, 5.74) is 3.88. The molecule has 2 rings (SSSR count). The van der Waals surface area contributed by atoms with Crippen LogP contribution in [-0.4, -0.2) is 31.3 Å². The van der Waals surface area contributed by atoms with Gasteiger partial charge in [-0.15, -0.1) is 0 Å². The Morgan fingerprint density at radius 3 is 2.78 bits per heavy atom. The van der Waals surface area contributed by atoms with Crippen molar-refractivity contribution in [1.82, 2.24) is 15.2 Å². The van der Waals surface area contributed by atoms with E-state index in [1.165, 1.54) is 0 Å². The van der Waals surface area contributed by atoms with Crippen LogP contribution < -0.4 is 11.3 Å². The average molecular weight is 307 g/mol. The van der Waals surface area contributed by atoms with Crippen molar-refractivity contribution in [1.29, 1.82) is 0 Å². The highest BCUT2D eigenvalue weighted by Gasteiger charge is 2.34. The molecular weight excluding hydrogens is 288 g/mol. The van der Waals surface area contributed by atoms with E-state index in [0.717, 1.165) is 11.4 Å². The van der Waals surface area contributed by atoms with Gasteiger partial charge in [-0.3, -0.25) is 16.0 Å². The van der Waals surface area contributed by atoms with Gasteiger partial charge < -0.3 is 0 Å². The lowest BCUT2D eigenvalue weighted by Crippen LogP contribution is -2.41. The molecule has 1 fully saturated rings. The maximum Gasteiger partial charge on any atom is 0.0834 e. The predicted octanol–water partition coefficient (Wildman–Crippen LogP) is 2.20. The summed E-state index contributed by atoms with van der Waals surface area (Å²) < 4.78 is 1.81. The van der Waals surface area contributed by atoms with Crippen LogP contribution in [0.3, 0.4) is 0 Å². The van der Waals surface area contributed by atoms with Crippen LogP contribution in [0.5, 0.6) is 0 Å². The fourth-order valence-corrected chi connectivity index (χ4v) is 5.47. The van der Waals surface area contributed by atoms with Gasteiger partial charge in [-0.25, -0.2) is 0 Å². The molecule has 0 aromatic carbocycles. The summed E-state index contributed by atoms with van der Waals surface area (Å²) in [4.78, 5) is 0. The number of aromatic nitrogens is 2. The predicted molar refractivity (Wildman–Crippen MR) is 81.0 cm³/mol. The van der Waals surface area contributed by atoms with Gasteiger partial charge in [0.25, 0.3) is 0 Å². The topological polar surface area (TPSA) is 55.9 Å². The quantitative estimate of drug-likeness (QED) is 0.662. The molecular formula is C11H19ClN4S2. The van der Waals surface area contributed by atoms with E-state index in [2.05, 4.69) is 24.4 Å². The molecule has 0 aliphatic carbocycles. The van der Waals surface area contributed by atoms with Gasteiger partial charge in [-0.2, -0.15) is 28.6 Å². The molecule has 0 spiro atoms. The van der Waals surface area contributed by atoms with Crippen LogP contribution >= 0.6 is 35.1 Å². The largest absolute Gasteiger partial charge is 0.271 e. The smallest absolute Gasteiger partial charge is 0.0834 e. The molecule has 7 heteroatoms. The lowest BCUT2D eigenvalue weighted by atomic mass is 10.1. The monoisotopic (exact) mass is 306 g/mol. The molecule has 0 radical (unpaired) electrons. The number of halogens is 1. The maximum absolute atomic E-state index is 6.21. The van der Waals surface area contributed by atoms with E-state index in [0.29, 0.717) is 20.8 Å². The summed E-state index contributed by atoms with van der Waals surface area (Å²) in [6, 6.07) is 0.0393. The minimum Gasteiger partial charge on any atom is -0.271 e. The number of hydrazine groups is 1. The Morgan fingerprint density at radius 1 is 1.56 bits per heavy atom. The van der Waals surface area contributed by atoms with Crippen LogP contribution in [0, 0.1) is 0 Å². The molecule has 18 heavy (non-hydrogen) atoms. The number of nitrogens with zero attached hydrogens (tertiary/aromatic N) is 2. The summed E-state index contributed by atoms with van der Waals surface area (Å²) >= 11 is 10.2. The van der Waals surface area contributed by atoms with Gasteiger partial charge in [-0.05, 0) is 0 Å². The van der Waals surface area contributed by atoms with E-state index >= 15 is 0 Å². The molecule has 1 aliphatic rings.